The number of hydrogen-bond donors (Lipinski definition) is 0. The van der Waals surface area contributed by atoms with Crippen molar-refractivity contribution in [1.82, 2.24) is 0 Å². The zero-order valence-corrected chi connectivity index (χ0v) is 13.7. The van der Waals surface area contributed by atoms with Gasteiger partial charge in [0.2, 0.25) is 0 Å². The topological polar surface area (TPSA) is 18.5 Å². The molecule has 0 aliphatic rings. The molecule has 0 heterocycles. The summed E-state index contributed by atoms with van der Waals surface area (Å²) in [7, 11) is 1.69. The van der Waals surface area contributed by atoms with Crippen LogP contribution in [0.5, 0.6) is 5.75 Å². The summed E-state index contributed by atoms with van der Waals surface area (Å²) in [6.07, 6.45) is 3.86. The highest BCUT2D eigenvalue weighted by atomic mass is 32.2. The van der Waals surface area contributed by atoms with Crippen LogP contribution in [0.4, 0.5) is 0 Å². The molecule has 0 spiro atoms. The van der Waals surface area contributed by atoms with Gasteiger partial charge < -0.3 is 9.47 Å². The average molecular weight is 304 g/mol. The Balaban J connectivity index is 2.14. The van der Waals surface area contributed by atoms with Crippen LogP contribution in [0.25, 0.3) is 10.8 Å². The monoisotopic (exact) mass is 304 g/mol. The number of fused-ring (bicyclic) bond motifs is 1. The molecule has 3 heteroatoms. The number of hydrogen-bond acceptors (Lipinski definition) is 3. The van der Waals surface area contributed by atoms with Crippen LogP contribution >= 0.6 is 11.8 Å². The van der Waals surface area contributed by atoms with Crippen LogP contribution in [0.1, 0.15) is 26.2 Å². The minimum Gasteiger partial charge on any atom is -0.491 e. The lowest BCUT2D eigenvalue weighted by Crippen LogP contribution is -2.04. The quantitative estimate of drug-likeness (QED) is 0.471. The van der Waals surface area contributed by atoms with Crippen molar-refractivity contribution in [2.24, 2.45) is 0 Å². The summed E-state index contributed by atoms with van der Waals surface area (Å²) >= 11 is 1.95. The van der Waals surface area contributed by atoms with Crippen LogP contribution in [-0.4, -0.2) is 26.1 Å². The summed E-state index contributed by atoms with van der Waals surface area (Å²) in [5, 5.41) is 2.48. The van der Waals surface area contributed by atoms with Crippen molar-refractivity contribution < 1.29 is 9.47 Å². The molecule has 0 saturated carbocycles. The van der Waals surface area contributed by atoms with Crippen molar-refractivity contribution in [3.8, 4) is 5.75 Å². The van der Waals surface area contributed by atoms with E-state index in [0.717, 1.165) is 5.75 Å². The Morgan fingerprint density at radius 2 is 1.76 bits per heavy atom. The molecule has 0 bridgehead atoms. The number of thioether (sulfide) groups is 1. The first-order valence-corrected chi connectivity index (χ1v) is 8.61. The Morgan fingerprint density at radius 3 is 2.52 bits per heavy atom. The molecular formula is C18H24O2S. The van der Waals surface area contributed by atoms with E-state index in [9.17, 15) is 0 Å². The third-order valence-electron chi connectivity index (χ3n) is 3.39. The van der Waals surface area contributed by atoms with Crippen molar-refractivity contribution >= 4 is 22.5 Å². The molecule has 21 heavy (non-hydrogen) atoms. The van der Waals surface area contributed by atoms with E-state index < -0.39 is 0 Å². The van der Waals surface area contributed by atoms with E-state index in [4.69, 9.17) is 9.47 Å². The molecule has 0 aliphatic carbocycles. The molecule has 2 aromatic carbocycles. The van der Waals surface area contributed by atoms with Crippen LogP contribution in [-0.2, 0) is 4.74 Å². The van der Waals surface area contributed by atoms with E-state index in [-0.39, 0.29) is 0 Å². The second-order valence-electron chi connectivity index (χ2n) is 5.00. The molecule has 0 fully saturated rings. The number of unbranched alkanes of at least 4 members (excludes halogenated alkanes) is 2. The summed E-state index contributed by atoms with van der Waals surface area (Å²) in [5.74, 6) is 2.13. The van der Waals surface area contributed by atoms with E-state index in [0.29, 0.717) is 13.2 Å². The fourth-order valence-corrected chi connectivity index (χ4v) is 3.33. The third kappa shape index (κ3) is 4.65. The molecule has 0 atom stereocenters. The molecule has 0 N–H and O–H groups in total. The van der Waals surface area contributed by atoms with Gasteiger partial charge >= 0.3 is 0 Å². The van der Waals surface area contributed by atoms with Gasteiger partial charge in [0, 0.05) is 17.4 Å². The molecule has 0 unspecified atom stereocenters. The summed E-state index contributed by atoms with van der Waals surface area (Å²) in [6, 6.07) is 12.7. The highest BCUT2D eigenvalue weighted by Gasteiger charge is 2.07. The Morgan fingerprint density at radius 1 is 0.952 bits per heavy atom. The molecule has 2 aromatic rings. The first kappa shape index (κ1) is 16.2. The van der Waals surface area contributed by atoms with Crippen molar-refractivity contribution in [3.05, 3.63) is 36.4 Å². The van der Waals surface area contributed by atoms with Crippen molar-refractivity contribution in [2.75, 3.05) is 26.1 Å². The fraction of sp³-hybridized carbons (Fsp3) is 0.444. The molecule has 0 radical (unpaired) electrons. The number of ether oxygens (including phenoxy) is 2. The maximum absolute atomic E-state index is 5.82. The lowest BCUT2D eigenvalue weighted by Gasteiger charge is -2.12. The molecule has 0 amide bonds. The first-order chi connectivity index (χ1) is 10.4. The Labute approximate surface area is 131 Å². The molecule has 2 rings (SSSR count). The summed E-state index contributed by atoms with van der Waals surface area (Å²) in [4.78, 5) is 1.35. The SMILES string of the molecule is CCCCCSc1ccc(OCCOC)c2ccccc12. The summed E-state index contributed by atoms with van der Waals surface area (Å²) in [6.45, 7) is 3.44. The van der Waals surface area contributed by atoms with E-state index in [2.05, 4.69) is 43.3 Å². The normalized spacial score (nSPS) is 11.0. The minimum atomic E-state index is 0.587. The molecule has 0 aromatic heterocycles. The van der Waals surface area contributed by atoms with Crippen LogP contribution < -0.4 is 4.74 Å². The van der Waals surface area contributed by atoms with Crippen molar-refractivity contribution in [2.45, 2.75) is 31.1 Å². The van der Waals surface area contributed by atoms with Crippen molar-refractivity contribution in [3.63, 3.8) is 0 Å². The van der Waals surface area contributed by atoms with Crippen LogP contribution in [0, 0.1) is 0 Å². The Bertz CT molecular complexity index is 554. The van der Waals surface area contributed by atoms with E-state index in [1.54, 1.807) is 7.11 Å². The second kappa shape index (κ2) is 8.96. The largest absolute Gasteiger partial charge is 0.491 e. The van der Waals surface area contributed by atoms with Gasteiger partial charge in [0.25, 0.3) is 0 Å². The summed E-state index contributed by atoms with van der Waals surface area (Å²) in [5.41, 5.74) is 0. The lowest BCUT2D eigenvalue weighted by atomic mass is 10.1. The van der Waals surface area contributed by atoms with Gasteiger partial charge in [-0.1, -0.05) is 44.0 Å². The second-order valence-corrected chi connectivity index (χ2v) is 6.14. The van der Waals surface area contributed by atoms with Crippen LogP contribution in [0.2, 0.25) is 0 Å². The highest BCUT2D eigenvalue weighted by Crippen LogP contribution is 2.34. The van der Waals surface area contributed by atoms with E-state index >= 15 is 0 Å². The van der Waals surface area contributed by atoms with Gasteiger partial charge in [-0.05, 0) is 29.7 Å². The third-order valence-corrected chi connectivity index (χ3v) is 4.55. The molecule has 2 nitrogen and oxygen atoms in total. The van der Waals surface area contributed by atoms with Gasteiger partial charge in [-0.3, -0.25) is 0 Å². The zero-order valence-electron chi connectivity index (χ0n) is 12.9. The number of rotatable bonds is 9. The van der Waals surface area contributed by atoms with E-state index in [1.165, 1.54) is 40.7 Å². The smallest absolute Gasteiger partial charge is 0.127 e. The summed E-state index contributed by atoms with van der Waals surface area (Å²) < 4.78 is 10.9. The van der Waals surface area contributed by atoms with Crippen LogP contribution in [0.3, 0.4) is 0 Å². The maximum atomic E-state index is 5.82. The number of methoxy groups -OCH3 is 1. The van der Waals surface area contributed by atoms with Gasteiger partial charge in [0.05, 0.1) is 6.61 Å². The lowest BCUT2D eigenvalue weighted by molar-refractivity contribution is 0.147. The Kier molecular flexibility index (Phi) is 6.90. The van der Waals surface area contributed by atoms with E-state index in [1.807, 2.05) is 11.8 Å². The standard InChI is InChI=1S/C18H24O2S/c1-3-4-7-14-21-18-11-10-17(20-13-12-19-2)15-8-5-6-9-16(15)18/h5-6,8-11H,3-4,7,12-14H2,1-2H3. The van der Waals surface area contributed by atoms with Gasteiger partial charge in [0.1, 0.15) is 12.4 Å². The molecule has 0 aliphatic heterocycles. The molecule has 0 saturated heterocycles. The molecule has 114 valence electrons. The van der Waals surface area contributed by atoms with Gasteiger partial charge in [-0.25, -0.2) is 0 Å². The zero-order chi connectivity index (χ0) is 14.9. The number of benzene rings is 2. The Hall–Kier alpha value is -1.19. The fourth-order valence-electron chi connectivity index (χ4n) is 2.26. The first-order valence-electron chi connectivity index (χ1n) is 7.63. The average Bonchev–Trinajstić information content (AvgIpc) is 2.53. The molecular weight excluding hydrogens is 280 g/mol. The minimum absolute atomic E-state index is 0.587. The maximum Gasteiger partial charge on any atom is 0.127 e. The van der Waals surface area contributed by atoms with Crippen molar-refractivity contribution in [1.29, 1.82) is 0 Å². The van der Waals surface area contributed by atoms with Crippen LogP contribution in [0.15, 0.2) is 41.3 Å². The highest BCUT2D eigenvalue weighted by molar-refractivity contribution is 7.99. The predicted octanol–water partition coefficient (Wildman–Crippen LogP) is 5.15. The van der Waals surface area contributed by atoms with Gasteiger partial charge in [-0.2, -0.15) is 0 Å². The van der Waals surface area contributed by atoms with Gasteiger partial charge in [-0.15, -0.1) is 11.8 Å². The predicted molar refractivity (Wildman–Crippen MR) is 91.6 cm³/mol. The van der Waals surface area contributed by atoms with Gasteiger partial charge in [0.15, 0.2) is 0 Å².